The highest BCUT2D eigenvalue weighted by Gasteiger charge is 2.29. The average molecular weight is 623 g/mol. The van der Waals surface area contributed by atoms with Crippen LogP contribution in [0.3, 0.4) is 0 Å². The number of primary amides is 1. The van der Waals surface area contributed by atoms with E-state index in [1.165, 1.54) is 0 Å². The number of hydrogen-bond acceptors (Lipinski definition) is 5. The number of halogens is 1. The summed E-state index contributed by atoms with van der Waals surface area (Å²) >= 11 is 2.25. The van der Waals surface area contributed by atoms with E-state index in [1.54, 1.807) is 26.0 Å². The van der Waals surface area contributed by atoms with Crippen molar-refractivity contribution in [1.29, 1.82) is 0 Å². The summed E-state index contributed by atoms with van der Waals surface area (Å²) in [6, 6.07) is 14.1. The molecule has 0 saturated carbocycles. The number of anilines is 1. The first kappa shape index (κ1) is 29.9. The first-order valence-electron chi connectivity index (χ1n) is 12.0. The van der Waals surface area contributed by atoms with Crippen molar-refractivity contribution >= 4 is 52.2 Å². The van der Waals surface area contributed by atoms with Crippen molar-refractivity contribution in [2.45, 2.75) is 49.8 Å². The molecular weight excluding hydrogens is 589 g/mol. The number of alkyl halides is 1. The van der Waals surface area contributed by atoms with E-state index in [2.05, 4.69) is 43.9 Å². The van der Waals surface area contributed by atoms with Crippen LogP contribution in [0.5, 0.6) is 0 Å². The molecule has 0 spiro atoms. The lowest BCUT2D eigenvalue weighted by Gasteiger charge is -2.25. The van der Waals surface area contributed by atoms with Crippen LogP contribution in [0.1, 0.15) is 37.8 Å². The van der Waals surface area contributed by atoms with Crippen LogP contribution in [0, 0.1) is 5.92 Å². The van der Waals surface area contributed by atoms with Gasteiger partial charge in [-0.3, -0.25) is 9.59 Å². The highest BCUT2D eigenvalue weighted by atomic mass is 127. The van der Waals surface area contributed by atoms with Gasteiger partial charge in [0.1, 0.15) is 18.7 Å². The number of benzene rings is 2. The molecule has 2 aromatic carbocycles. The number of hydrogen-bond donors (Lipinski definition) is 5. The fourth-order valence-electron chi connectivity index (χ4n) is 3.38. The molecule has 2 unspecified atom stereocenters. The Morgan fingerprint density at radius 2 is 1.59 bits per heavy atom. The minimum Gasteiger partial charge on any atom is -0.445 e. The predicted molar refractivity (Wildman–Crippen MR) is 150 cm³/mol. The molecule has 2 atom stereocenters. The molecule has 0 bridgehead atoms. The van der Waals surface area contributed by atoms with Crippen LogP contribution in [0.4, 0.5) is 15.3 Å². The SMILES string of the molecule is CC(C)C(NC(=O)OCc1ccccc1)C(=O)NC(CCCNC(N)=O)C(=O)Nc1ccc(CI)cc1. The molecule has 200 valence electrons. The van der Waals surface area contributed by atoms with E-state index in [9.17, 15) is 19.2 Å². The van der Waals surface area contributed by atoms with Crippen molar-refractivity contribution in [3.05, 3.63) is 65.7 Å². The lowest BCUT2D eigenvalue weighted by atomic mass is 10.0. The number of ether oxygens (including phenoxy) is 1. The number of carbonyl (C=O) groups excluding carboxylic acids is 4. The molecular formula is C26H34IN5O5. The molecule has 37 heavy (non-hydrogen) atoms. The minimum atomic E-state index is -0.926. The summed E-state index contributed by atoms with van der Waals surface area (Å²) in [5.41, 5.74) is 7.63. The van der Waals surface area contributed by atoms with E-state index in [1.807, 2.05) is 42.5 Å². The van der Waals surface area contributed by atoms with Crippen molar-refractivity contribution in [1.82, 2.24) is 16.0 Å². The first-order valence-corrected chi connectivity index (χ1v) is 13.5. The topological polar surface area (TPSA) is 152 Å². The zero-order chi connectivity index (χ0) is 27.2. The lowest BCUT2D eigenvalue weighted by molar-refractivity contribution is -0.128. The predicted octanol–water partition coefficient (Wildman–Crippen LogP) is 3.44. The number of alkyl carbamates (subject to hydrolysis) is 1. The quantitative estimate of drug-likeness (QED) is 0.132. The van der Waals surface area contributed by atoms with Crippen LogP contribution in [0.25, 0.3) is 0 Å². The summed E-state index contributed by atoms with van der Waals surface area (Å²) in [5.74, 6) is -1.20. The van der Waals surface area contributed by atoms with Crippen LogP contribution in [0.2, 0.25) is 0 Å². The van der Waals surface area contributed by atoms with Crippen LogP contribution < -0.4 is 27.0 Å². The number of nitrogens with two attached hydrogens (primary N) is 1. The highest BCUT2D eigenvalue weighted by Crippen LogP contribution is 2.14. The summed E-state index contributed by atoms with van der Waals surface area (Å²) in [4.78, 5) is 49.5. The second kappa shape index (κ2) is 15.7. The van der Waals surface area contributed by atoms with Crippen molar-refractivity contribution in [3.8, 4) is 0 Å². The van der Waals surface area contributed by atoms with Crippen molar-refractivity contribution in [2.75, 3.05) is 11.9 Å². The molecule has 0 aliphatic rings. The van der Waals surface area contributed by atoms with E-state index in [0.717, 1.165) is 15.6 Å². The Labute approximate surface area is 230 Å². The maximum Gasteiger partial charge on any atom is 0.408 e. The summed E-state index contributed by atoms with van der Waals surface area (Å²) < 4.78 is 6.09. The van der Waals surface area contributed by atoms with Gasteiger partial charge in [0.25, 0.3) is 0 Å². The number of amides is 5. The van der Waals surface area contributed by atoms with Gasteiger partial charge in [-0.1, -0.05) is 78.9 Å². The molecule has 0 heterocycles. The number of carbonyl (C=O) groups is 4. The molecule has 5 amide bonds. The fourth-order valence-corrected chi connectivity index (χ4v) is 3.89. The summed E-state index contributed by atoms with van der Waals surface area (Å²) in [6.07, 6.45) is -0.0966. The summed E-state index contributed by atoms with van der Waals surface area (Å²) in [6.45, 7) is 3.87. The molecule has 0 aromatic heterocycles. The van der Waals surface area contributed by atoms with Gasteiger partial charge in [0.2, 0.25) is 11.8 Å². The average Bonchev–Trinajstić information content (AvgIpc) is 2.88. The monoisotopic (exact) mass is 623 g/mol. The Hall–Kier alpha value is -3.35. The second-order valence-electron chi connectivity index (χ2n) is 8.74. The third-order valence-corrected chi connectivity index (χ3v) is 6.29. The number of rotatable bonds is 13. The molecule has 10 nitrogen and oxygen atoms in total. The van der Waals surface area contributed by atoms with Gasteiger partial charge in [0.15, 0.2) is 0 Å². The Kier molecular flexibility index (Phi) is 12.7. The molecule has 2 aromatic rings. The van der Waals surface area contributed by atoms with Gasteiger partial charge in [-0.15, -0.1) is 0 Å². The fraction of sp³-hybridized carbons (Fsp3) is 0.385. The van der Waals surface area contributed by atoms with Crippen molar-refractivity contribution in [2.24, 2.45) is 11.7 Å². The second-order valence-corrected chi connectivity index (χ2v) is 9.50. The van der Waals surface area contributed by atoms with E-state index in [4.69, 9.17) is 10.5 Å². The maximum absolute atomic E-state index is 13.1. The van der Waals surface area contributed by atoms with Gasteiger partial charge >= 0.3 is 12.1 Å². The maximum atomic E-state index is 13.1. The van der Waals surface area contributed by atoms with Gasteiger partial charge in [0, 0.05) is 16.7 Å². The van der Waals surface area contributed by atoms with Gasteiger partial charge in [0.05, 0.1) is 0 Å². The van der Waals surface area contributed by atoms with E-state index in [0.29, 0.717) is 12.1 Å². The van der Waals surface area contributed by atoms with Gasteiger partial charge in [-0.2, -0.15) is 0 Å². The standard InChI is InChI=1S/C26H34IN5O5/c1-17(2)22(32-26(36)37-16-19-7-4-3-5-8-19)24(34)31-21(9-6-14-29-25(28)35)23(33)30-20-12-10-18(15-27)11-13-20/h3-5,7-8,10-13,17,21-22H,6,9,14-16H2,1-2H3,(H,30,33)(H,31,34)(H,32,36)(H3,28,29,35). The molecule has 0 radical (unpaired) electrons. The van der Waals surface area contributed by atoms with Crippen LogP contribution in [-0.2, 0) is 25.4 Å². The van der Waals surface area contributed by atoms with Gasteiger partial charge in [-0.25, -0.2) is 9.59 Å². The molecule has 11 heteroatoms. The van der Waals surface area contributed by atoms with E-state index < -0.39 is 36.0 Å². The number of urea groups is 1. The molecule has 0 aliphatic carbocycles. The normalized spacial score (nSPS) is 12.2. The van der Waals surface area contributed by atoms with Crippen molar-refractivity contribution in [3.63, 3.8) is 0 Å². The Morgan fingerprint density at radius 3 is 2.19 bits per heavy atom. The highest BCUT2D eigenvalue weighted by molar-refractivity contribution is 14.1. The minimum absolute atomic E-state index is 0.0628. The summed E-state index contributed by atoms with van der Waals surface area (Å²) in [5, 5.41) is 10.6. The largest absolute Gasteiger partial charge is 0.445 e. The van der Waals surface area contributed by atoms with E-state index >= 15 is 0 Å². The first-order chi connectivity index (χ1) is 17.7. The smallest absolute Gasteiger partial charge is 0.408 e. The number of nitrogens with one attached hydrogen (secondary N) is 4. The zero-order valence-electron chi connectivity index (χ0n) is 21.0. The molecule has 0 fully saturated rings. The van der Waals surface area contributed by atoms with Crippen LogP contribution in [0.15, 0.2) is 54.6 Å². The van der Waals surface area contributed by atoms with Gasteiger partial charge in [-0.05, 0) is 42.0 Å². The zero-order valence-corrected chi connectivity index (χ0v) is 23.1. The third kappa shape index (κ3) is 11.1. The summed E-state index contributed by atoms with van der Waals surface area (Å²) in [7, 11) is 0. The van der Waals surface area contributed by atoms with E-state index in [-0.39, 0.29) is 25.5 Å². The van der Waals surface area contributed by atoms with Crippen LogP contribution in [-0.4, -0.2) is 42.6 Å². The Morgan fingerprint density at radius 1 is 0.919 bits per heavy atom. The third-order valence-electron chi connectivity index (χ3n) is 5.41. The lowest BCUT2D eigenvalue weighted by Crippen LogP contribution is -2.54. The van der Waals surface area contributed by atoms with Crippen molar-refractivity contribution < 1.29 is 23.9 Å². The molecule has 0 aliphatic heterocycles. The molecule has 0 saturated heterocycles. The van der Waals surface area contributed by atoms with Gasteiger partial charge < -0.3 is 31.7 Å². The van der Waals surface area contributed by atoms with Crippen LogP contribution >= 0.6 is 22.6 Å². The Bertz CT molecular complexity index is 1030. The molecule has 2 rings (SSSR count). The Balaban J connectivity index is 2.04. The molecule has 6 N–H and O–H groups in total.